The van der Waals surface area contributed by atoms with E-state index in [0.29, 0.717) is 12.1 Å². The first-order valence-corrected chi connectivity index (χ1v) is 6.10. The highest BCUT2D eigenvalue weighted by atomic mass is 16.4. The lowest BCUT2D eigenvalue weighted by Crippen LogP contribution is -2.15. The summed E-state index contributed by atoms with van der Waals surface area (Å²) in [4.78, 5) is 15.7. The van der Waals surface area contributed by atoms with Crippen molar-refractivity contribution in [2.45, 2.75) is 6.42 Å². The number of aromatic hydroxyl groups is 1. The third kappa shape index (κ3) is 3.69. The number of nitrogens with two attached hydrogens (primary N) is 1. The van der Waals surface area contributed by atoms with E-state index in [9.17, 15) is 9.90 Å². The SMILES string of the molecule is N/C(Cc1ccc(NC(=O)c2ccncc2O)cc1)=N/O. The number of carbonyl (C=O) groups is 1. The summed E-state index contributed by atoms with van der Waals surface area (Å²) in [5.41, 5.74) is 6.97. The maximum Gasteiger partial charge on any atom is 0.259 e. The Morgan fingerprint density at radius 1 is 1.29 bits per heavy atom. The summed E-state index contributed by atoms with van der Waals surface area (Å²) in [5.74, 6) is -0.508. The second-order valence-corrected chi connectivity index (χ2v) is 4.31. The Morgan fingerprint density at radius 2 is 2.00 bits per heavy atom. The van der Waals surface area contributed by atoms with Gasteiger partial charge >= 0.3 is 0 Å². The molecule has 0 aliphatic carbocycles. The van der Waals surface area contributed by atoms with Crippen LogP contribution in [0.5, 0.6) is 5.75 Å². The number of benzene rings is 1. The van der Waals surface area contributed by atoms with E-state index in [2.05, 4.69) is 15.5 Å². The van der Waals surface area contributed by atoms with Gasteiger partial charge in [-0.1, -0.05) is 17.3 Å². The van der Waals surface area contributed by atoms with Crippen molar-refractivity contribution in [1.29, 1.82) is 0 Å². The van der Waals surface area contributed by atoms with Gasteiger partial charge in [-0.15, -0.1) is 0 Å². The molecule has 1 aromatic heterocycles. The maximum absolute atomic E-state index is 12.0. The molecule has 108 valence electrons. The van der Waals surface area contributed by atoms with Crippen LogP contribution in [0, 0.1) is 0 Å². The fraction of sp³-hybridized carbons (Fsp3) is 0.0714. The molecule has 0 aliphatic rings. The second kappa shape index (κ2) is 6.38. The molecule has 21 heavy (non-hydrogen) atoms. The standard InChI is InChI=1S/C14H14N4O3/c15-13(18-21)7-9-1-3-10(4-2-9)17-14(20)11-5-6-16-8-12(11)19/h1-6,8,19,21H,7H2,(H2,15,18)(H,17,20). The van der Waals surface area contributed by atoms with E-state index in [1.165, 1.54) is 18.5 Å². The molecule has 5 N–H and O–H groups in total. The zero-order chi connectivity index (χ0) is 15.2. The number of nitrogens with one attached hydrogen (secondary N) is 1. The Morgan fingerprint density at radius 3 is 2.62 bits per heavy atom. The van der Waals surface area contributed by atoms with Crippen molar-refractivity contribution in [3.63, 3.8) is 0 Å². The number of pyridine rings is 1. The van der Waals surface area contributed by atoms with Gasteiger partial charge in [0.1, 0.15) is 11.6 Å². The van der Waals surface area contributed by atoms with Crippen LogP contribution in [-0.4, -0.2) is 27.0 Å². The molecule has 0 unspecified atom stereocenters. The van der Waals surface area contributed by atoms with E-state index < -0.39 is 5.91 Å². The summed E-state index contributed by atoms with van der Waals surface area (Å²) in [6.07, 6.45) is 2.94. The largest absolute Gasteiger partial charge is 0.505 e. The highest BCUT2D eigenvalue weighted by Gasteiger charge is 2.10. The van der Waals surface area contributed by atoms with E-state index in [-0.39, 0.29) is 17.1 Å². The van der Waals surface area contributed by atoms with Crippen LogP contribution < -0.4 is 11.1 Å². The molecule has 1 heterocycles. The number of anilines is 1. The Kier molecular flexibility index (Phi) is 4.35. The van der Waals surface area contributed by atoms with Crippen molar-refractivity contribution >= 4 is 17.4 Å². The van der Waals surface area contributed by atoms with Gasteiger partial charge in [0.2, 0.25) is 0 Å². The molecule has 7 heteroatoms. The minimum absolute atomic E-state index is 0.105. The van der Waals surface area contributed by atoms with Crippen LogP contribution in [-0.2, 0) is 6.42 Å². The van der Waals surface area contributed by atoms with Crippen LogP contribution in [0.2, 0.25) is 0 Å². The van der Waals surface area contributed by atoms with E-state index in [1.54, 1.807) is 24.3 Å². The second-order valence-electron chi connectivity index (χ2n) is 4.31. The van der Waals surface area contributed by atoms with Gasteiger partial charge in [-0.2, -0.15) is 0 Å². The van der Waals surface area contributed by atoms with Crippen LogP contribution in [0.1, 0.15) is 15.9 Å². The molecule has 0 saturated heterocycles. The fourth-order valence-electron chi connectivity index (χ4n) is 1.73. The number of amidine groups is 1. The molecule has 1 aromatic carbocycles. The summed E-state index contributed by atoms with van der Waals surface area (Å²) in [5, 5.41) is 23.6. The van der Waals surface area contributed by atoms with Gasteiger partial charge in [0.25, 0.3) is 5.91 Å². The smallest absolute Gasteiger partial charge is 0.259 e. The Hall–Kier alpha value is -3.09. The highest BCUT2D eigenvalue weighted by Crippen LogP contribution is 2.17. The van der Waals surface area contributed by atoms with Crippen molar-refractivity contribution in [3.05, 3.63) is 53.9 Å². The quantitative estimate of drug-likeness (QED) is 0.292. The highest BCUT2D eigenvalue weighted by molar-refractivity contribution is 6.05. The maximum atomic E-state index is 12.0. The molecule has 0 aliphatic heterocycles. The normalized spacial score (nSPS) is 11.1. The lowest BCUT2D eigenvalue weighted by Gasteiger charge is -2.07. The number of carbonyl (C=O) groups excluding carboxylic acids is 1. The van der Waals surface area contributed by atoms with Gasteiger partial charge in [-0.25, -0.2) is 0 Å². The number of hydrogen-bond acceptors (Lipinski definition) is 5. The fourth-order valence-corrected chi connectivity index (χ4v) is 1.73. The average Bonchev–Trinajstić information content (AvgIpc) is 2.49. The van der Waals surface area contributed by atoms with Crippen molar-refractivity contribution in [2.75, 3.05) is 5.32 Å². The van der Waals surface area contributed by atoms with Crippen LogP contribution in [0.4, 0.5) is 5.69 Å². The summed E-state index contributed by atoms with van der Waals surface area (Å²) in [6.45, 7) is 0. The first kappa shape index (κ1) is 14.3. The number of oxime groups is 1. The van der Waals surface area contributed by atoms with E-state index in [1.807, 2.05) is 0 Å². The van der Waals surface area contributed by atoms with Crippen LogP contribution >= 0.6 is 0 Å². The van der Waals surface area contributed by atoms with Crippen molar-refractivity contribution in [1.82, 2.24) is 4.98 Å². The minimum atomic E-state index is -0.431. The summed E-state index contributed by atoms with van der Waals surface area (Å²) < 4.78 is 0. The molecule has 0 bridgehead atoms. The predicted octanol–water partition coefficient (Wildman–Crippen LogP) is 1.33. The molecular formula is C14H14N4O3. The molecule has 0 spiro atoms. The van der Waals surface area contributed by atoms with Gasteiger partial charge in [-0.3, -0.25) is 9.78 Å². The van der Waals surface area contributed by atoms with Crippen molar-refractivity contribution < 1.29 is 15.1 Å². The molecule has 2 aromatic rings. The van der Waals surface area contributed by atoms with Gasteiger partial charge in [0, 0.05) is 18.3 Å². The third-order valence-electron chi connectivity index (χ3n) is 2.77. The van der Waals surface area contributed by atoms with E-state index >= 15 is 0 Å². The Balaban J connectivity index is 2.07. The number of aromatic nitrogens is 1. The van der Waals surface area contributed by atoms with Gasteiger partial charge in [-0.05, 0) is 23.8 Å². The summed E-state index contributed by atoms with van der Waals surface area (Å²) in [7, 11) is 0. The minimum Gasteiger partial charge on any atom is -0.505 e. The molecule has 0 saturated carbocycles. The van der Waals surface area contributed by atoms with Gasteiger partial charge in [0.15, 0.2) is 0 Å². The van der Waals surface area contributed by atoms with Crippen LogP contribution in [0.25, 0.3) is 0 Å². The van der Waals surface area contributed by atoms with Crippen LogP contribution in [0.15, 0.2) is 47.9 Å². The lowest BCUT2D eigenvalue weighted by atomic mass is 10.1. The third-order valence-corrected chi connectivity index (χ3v) is 2.77. The molecular weight excluding hydrogens is 272 g/mol. The molecule has 7 nitrogen and oxygen atoms in total. The number of amides is 1. The van der Waals surface area contributed by atoms with Crippen molar-refractivity contribution in [3.8, 4) is 5.75 Å². The number of hydrogen-bond donors (Lipinski definition) is 4. The van der Waals surface area contributed by atoms with E-state index in [0.717, 1.165) is 5.56 Å². The number of rotatable bonds is 4. The molecule has 1 amide bonds. The molecule has 0 atom stereocenters. The topological polar surface area (TPSA) is 121 Å². The Bertz CT molecular complexity index is 668. The number of nitrogens with zero attached hydrogens (tertiary/aromatic N) is 2. The van der Waals surface area contributed by atoms with Crippen molar-refractivity contribution in [2.24, 2.45) is 10.9 Å². The van der Waals surface area contributed by atoms with Gasteiger partial charge in [0.05, 0.1) is 11.8 Å². The molecule has 0 radical (unpaired) electrons. The first-order chi connectivity index (χ1) is 10.1. The summed E-state index contributed by atoms with van der Waals surface area (Å²) >= 11 is 0. The molecule has 2 rings (SSSR count). The van der Waals surface area contributed by atoms with E-state index in [4.69, 9.17) is 10.9 Å². The average molecular weight is 286 g/mol. The summed E-state index contributed by atoms with van der Waals surface area (Å²) in [6, 6.07) is 8.31. The lowest BCUT2D eigenvalue weighted by molar-refractivity contribution is 0.102. The molecule has 0 fully saturated rings. The Labute approximate surface area is 120 Å². The van der Waals surface area contributed by atoms with Gasteiger partial charge < -0.3 is 21.4 Å². The predicted molar refractivity (Wildman–Crippen MR) is 77.4 cm³/mol. The van der Waals surface area contributed by atoms with Crippen LogP contribution in [0.3, 0.4) is 0 Å². The first-order valence-electron chi connectivity index (χ1n) is 6.10. The zero-order valence-corrected chi connectivity index (χ0v) is 11.0. The monoisotopic (exact) mass is 286 g/mol. The zero-order valence-electron chi connectivity index (χ0n) is 11.0.